The van der Waals surface area contributed by atoms with Crippen molar-refractivity contribution in [2.24, 2.45) is 0 Å². The van der Waals surface area contributed by atoms with Crippen LogP contribution in [0.2, 0.25) is 0 Å². The number of carbonyl (C=O) groups excluding carboxylic acids is 3. The van der Waals surface area contributed by atoms with Crippen molar-refractivity contribution in [2.75, 3.05) is 13.2 Å². The lowest BCUT2D eigenvalue weighted by atomic mass is 10.0. The van der Waals surface area contributed by atoms with Gasteiger partial charge in [0.05, 0.1) is 0 Å². The summed E-state index contributed by atoms with van der Waals surface area (Å²) in [5.74, 6) is -0.897. The van der Waals surface area contributed by atoms with Crippen LogP contribution < -0.4 is 0 Å². The van der Waals surface area contributed by atoms with Crippen LogP contribution in [0, 0.1) is 0 Å². The van der Waals surface area contributed by atoms with E-state index < -0.39 is 6.10 Å². The van der Waals surface area contributed by atoms with Crippen molar-refractivity contribution in [3.63, 3.8) is 0 Å². The zero-order valence-electron chi connectivity index (χ0n) is 43.3. The molecule has 0 aliphatic heterocycles. The summed E-state index contributed by atoms with van der Waals surface area (Å²) in [6.45, 7) is 6.56. The van der Waals surface area contributed by atoms with Crippen molar-refractivity contribution in [1.29, 1.82) is 0 Å². The lowest BCUT2D eigenvalue weighted by molar-refractivity contribution is -0.167. The minimum atomic E-state index is -0.784. The van der Waals surface area contributed by atoms with Crippen molar-refractivity contribution < 1.29 is 28.6 Å². The number of esters is 3. The number of unbranched alkanes of at least 4 members (excludes halogenated alkanes) is 32. The molecule has 0 aliphatic carbocycles. The van der Waals surface area contributed by atoms with E-state index in [0.29, 0.717) is 19.3 Å². The first-order valence-electron chi connectivity index (χ1n) is 28.1. The first kappa shape index (κ1) is 62.4. The van der Waals surface area contributed by atoms with Crippen molar-refractivity contribution in [3.05, 3.63) is 48.6 Å². The van der Waals surface area contributed by atoms with Crippen molar-refractivity contribution in [3.8, 4) is 0 Å². The zero-order valence-corrected chi connectivity index (χ0v) is 43.3. The summed E-state index contributed by atoms with van der Waals surface area (Å²) in [5.41, 5.74) is 0. The third-order valence-corrected chi connectivity index (χ3v) is 12.3. The van der Waals surface area contributed by atoms with E-state index in [1.165, 1.54) is 141 Å². The van der Waals surface area contributed by atoms with Gasteiger partial charge in [0, 0.05) is 19.3 Å². The van der Waals surface area contributed by atoms with Crippen LogP contribution in [0.1, 0.15) is 290 Å². The molecular formula is C59H106O6. The first-order valence-corrected chi connectivity index (χ1v) is 28.1. The van der Waals surface area contributed by atoms with Gasteiger partial charge in [0.1, 0.15) is 13.2 Å². The highest BCUT2D eigenvalue weighted by Crippen LogP contribution is 2.16. The molecule has 0 aliphatic rings. The minimum Gasteiger partial charge on any atom is -0.462 e. The Morgan fingerprint density at radius 3 is 0.938 bits per heavy atom. The van der Waals surface area contributed by atoms with Crippen LogP contribution in [-0.2, 0) is 28.6 Å². The molecule has 0 aromatic heterocycles. The maximum atomic E-state index is 12.8. The normalized spacial score (nSPS) is 12.4. The monoisotopic (exact) mass is 911 g/mol. The molecule has 0 N–H and O–H groups in total. The number of carbonyl (C=O) groups is 3. The summed E-state index contributed by atoms with van der Waals surface area (Å²) in [6.07, 6.45) is 65.3. The molecule has 0 amide bonds. The molecule has 0 spiro atoms. The van der Waals surface area contributed by atoms with Crippen molar-refractivity contribution >= 4 is 17.9 Å². The second-order valence-electron chi connectivity index (χ2n) is 18.8. The maximum absolute atomic E-state index is 12.8. The zero-order chi connectivity index (χ0) is 47.2. The molecule has 378 valence electrons. The van der Waals surface area contributed by atoms with Crippen LogP contribution in [0.3, 0.4) is 0 Å². The van der Waals surface area contributed by atoms with Gasteiger partial charge in [0.15, 0.2) is 6.10 Å². The predicted octanol–water partition coefficient (Wildman–Crippen LogP) is 18.7. The lowest BCUT2D eigenvalue weighted by Crippen LogP contribution is -2.30. The van der Waals surface area contributed by atoms with E-state index in [4.69, 9.17) is 14.2 Å². The Morgan fingerprint density at radius 2 is 0.585 bits per heavy atom. The summed E-state index contributed by atoms with van der Waals surface area (Å²) in [5, 5.41) is 0. The summed E-state index contributed by atoms with van der Waals surface area (Å²) in [7, 11) is 0. The first-order chi connectivity index (χ1) is 32.0. The molecule has 0 aromatic carbocycles. The summed E-state index contributed by atoms with van der Waals surface area (Å²) < 4.78 is 16.8. The van der Waals surface area contributed by atoms with E-state index in [1.807, 2.05) is 0 Å². The van der Waals surface area contributed by atoms with Crippen LogP contribution in [0.15, 0.2) is 48.6 Å². The average molecular weight is 911 g/mol. The van der Waals surface area contributed by atoms with Crippen LogP contribution in [-0.4, -0.2) is 37.2 Å². The summed E-state index contributed by atoms with van der Waals surface area (Å²) in [6, 6.07) is 0. The molecule has 1 unspecified atom stereocenters. The number of ether oxygens (including phenoxy) is 3. The molecule has 0 heterocycles. The van der Waals surface area contributed by atoms with Crippen molar-refractivity contribution in [2.45, 2.75) is 297 Å². The summed E-state index contributed by atoms with van der Waals surface area (Å²) in [4.78, 5) is 38.1. The topological polar surface area (TPSA) is 78.9 Å². The molecule has 1 atom stereocenters. The Labute approximate surface area is 403 Å². The highest BCUT2D eigenvalue weighted by Gasteiger charge is 2.19. The molecule has 0 saturated heterocycles. The quantitative estimate of drug-likeness (QED) is 0.0262. The molecule has 0 aromatic rings. The van der Waals surface area contributed by atoms with E-state index in [-0.39, 0.29) is 31.1 Å². The molecule has 65 heavy (non-hydrogen) atoms. The molecule has 0 saturated carbocycles. The Balaban J connectivity index is 4.35. The van der Waals surface area contributed by atoms with E-state index >= 15 is 0 Å². The second kappa shape index (κ2) is 54.0. The Bertz CT molecular complexity index is 1140. The predicted molar refractivity (Wildman–Crippen MR) is 279 cm³/mol. The van der Waals surface area contributed by atoms with Crippen LogP contribution in [0.5, 0.6) is 0 Å². The van der Waals surface area contributed by atoms with Gasteiger partial charge in [-0.1, -0.05) is 243 Å². The van der Waals surface area contributed by atoms with Crippen LogP contribution in [0.4, 0.5) is 0 Å². The van der Waals surface area contributed by atoms with Gasteiger partial charge in [-0.25, -0.2) is 0 Å². The molecule has 0 bridgehead atoms. The van der Waals surface area contributed by atoms with Crippen LogP contribution >= 0.6 is 0 Å². The fraction of sp³-hybridized carbons (Fsp3) is 0.814. The van der Waals surface area contributed by atoms with Gasteiger partial charge in [-0.2, -0.15) is 0 Å². The van der Waals surface area contributed by atoms with Gasteiger partial charge in [0.25, 0.3) is 0 Å². The number of allylic oxidation sites excluding steroid dienone is 8. The third kappa shape index (κ3) is 52.2. The smallest absolute Gasteiger partial charge is 0.306 e. The van der Waals surface area contributed by atoms with Gasteiger partial charge in [-0.3, -0.25) is 14.4 Å². The van der Waals surface area contributed by atoms with Gasteiger partial charge in [-0.05, 0) is 77.0 Å². The molecule has 6 heteroatoms. The van der Waals surface area contributed by atoms with E-state index in [0.717, 1.165) is 109 Å². The van der Waals surface area contributed by atoms with Crippen molar-refractivity contribution in [1.82, 2.24) is 0 Å². The van der Waals surface area contributed by atoms with Gasteiger partial charge < -0.3 is 14.2 Å². The Morgan fingerprint density at radius 1 is 0.308 bits per heavy atom. The molecular weight excluding hydrogens is 805 g/mol. The molecule has 0 rings (SSSR count). The van der Waals surface area contributed by atoms with E-state index in [1.54, 1.807) is 0 Å². The van der Waals surface area contributed by atoms with E-state index in [2.05, 4.69) is 69.4 Å². The van der Waals surface area contributed by atoms with Crippen LogP contribution in [0.25, 0.3) is 0 Å². The second-order valence-corrected chi connectivity index (χ2v) is 18.8. The lowest BCUT2D eigenvalue weighted by Gasteiger charge is -2.18. The average Bonchev–Trinajstić information content (AvgIpc) is 3.30. The molecule has 0 fully saturated rings. The molecule has 0 radical (unpaired) electrons. The van der Waals surface area contributed by atoms with Gasteiger partial charge in [-0.15, -0.1) is 0 Å². The summed E-state index contributed by atoms with van der Waals surface area (Å²) >= 11 is 0. The number of hydrogen-bond donors (Lipinski definition) is 0. The fourth-order valence-corrected chi connectivity index (χ4v) is 8.04. The molecule has 6 nitrogen and oxygen atoms in total. The largest absolute Gasteiger partial charge is 0.462 e. The number of rotatable bonds is 51. The van der Waals surface area contributed by atoms with Gasteiger partial charge in [0.2, 0.25) is 0 Å². The maximum Gasteiger partial charge on any atom is 0.306 e. The fourth-order valence-electron chi connectivity index (χ4n) is 8.04. The standard InChI is InChI=1S/C59H106O6/c1-4-7-10-13-16-19-22-25-27-28-29-30-32-34-37-40-43-46-49-52-58(61)64-55-56(54-63-57(60)51-48-45-42-39-36-33-24-21-18-15-12-9-6-3)65-59(62)53-50-47-44-41-38-35-31-26-23-20-17-14-11-8-5-2/h12,15,17,20-21,24,26,31,56H,4-11,13-14,16,18-19,22-23,25,27-30,32-55H2,1-3H3/b15-12-,20-17-,24-21-,31-26-. The van der Waals surface area contributed by atoms with Gasteiger partial charge >= 0.3 is 17.9 Å². The van der Waals surface area contributed by atoms with E-state index in [9.17, 15) is 14.4 Å². The SMILES string of the molecule is CCC/C=C\C/C=C\CCCCCCCC(=O)OCC(COC(=O)CCCCCCCCCCCCCCCCCCCCC)OC(=O)CCCCCCC/C=C\C/C=C\CCCCC. The Hall–Kier alpha value is -2.63. The third-order valence-electron chi connectivity index (χ3n) is 12.3. The number of hydrogen-bond acceptors (Lipinski definition) is 6. The Kier molecular flexibility index (Phi) is 51.8. The highest BCUT2D eigenvalue weighted by molar-refractivity contribution is 5.71. The minimum absolute atomic E-state index is 0.0807. The highest BCUT2D eigenvalue weighted by atomic mass is 16.6.